The van der Waals surface area contributed by atoms with Gasteiger partial charge in [0.15, 0.2) is 0 Å². The maximum atomic E-state index is 13.2. The zero-order valence-electron chi connectivity index (χ0n) is 16.8. The number of aryl methyl sites for hydroxylation is 1. The average Bonchev–Trinajstić information content (AvgIpc) is 3.11. The first-order chi connectivity index (χ1) is 14.5. The molecule has 1 heterocycles. The lowest BCUT2D eigenvalue weighted by molar-refractivity contribution is 0.0941. The van der Waals surface area contributed by atoms with Gasteiger partial charge >= 0.3 is 0 Å². The van der Waals surface area contributed by atoms with Gasteiger partial charge in [-0.2, -0.15) is 0 Å². The summed E-state index contributed by atoms with van der Waals surface area (Å²) >= 11 is 7.98. The van der Waals surface area contributed by atoms with Crippen LogP contribution in [0.25, 0.3) is 10.1 Å². The minimum atomic E-state index is -0.166. The number of nitrogens with one attached hydrogen (secondary N) is 1. The molecule has 0 aliphatic heterocycles. The third kappa shape index (κ3) is 4.35. The van der Waals surface area contributed by atoms with Crippen molar-refractivity contribution in [3.05, 3.63) is 99.4 Å². The number of ether oxygens (including phenoxy) is 1. The number of halogens is 1. The highest BCUT2D eigenvalue weighted by atomic mass is 35.5. The highest BCUT2D eigenvalue weighted by Crippen LogP contribution is 2.37. The second-order valence-corrected chi connectivity index (χ2v) is 8.66. The van der Waals surface area contributed by atoms with Crippen LogP contribution in [-0.2, 0) is 6.42 Å². The van der Waals surface area contributed by atoms with E-state index in [1.807, 2.05) is 48.5 Å². The SMILES string of the molecule is COc1ccc2sc(C(=O)N[C@@H](Cc3ccc(C)cc3)c3ccccc3)c(Cl)c2c1. The van der Waals surface area contributed by atoms with Gasteiger partial charge in [0.1, 0.15) is 10.6 Å². The molecule has 152 valence electrons. The van der Waals surface area contributed by atoms with Crippen molar-refractivity contribution in [3.8, 4) is 5.75 Å². The molecule has 1 amide bonds. The smallest absolute Gasteiger partial charge is 0.263 e. The molecular weight excluding hydrogens is 414 g/mol. The van der Waals surface area contributed by atoms with Crippen LogP contribution in [0.5, 0.6) is 5.75 Å². The topological polar surface area (TPSA) is 38.3 Å². The number of thiophene rings is 1. The molecular formula is C25H22ClNO2S. The molecule has 30 heavy (non-hydrogen) atoms. The van der Waals surface area contributed by atoms with Crippen molar-refractivity contribution in [1.29, 1.82) is 0 Å². The molecule has 5 heteroatoms. The molecule has 1 N–H and O–H groups in total. The number of methoxy groups -OCH3 is 1. The lowest BCUT2D eigenvalue weighted by Gasteiger charge is -2.19. The summed E-state index contributed by atoms with van der Waals surface area (Å²) in [5.41, 5.74) is 3.44. The fraction of sp³-hybridized carbons (Fsp3) is 0.160. The van der Waals surface area contributed by atoms with Crippen LogP contribution >= 0.6 is 22.9 Å². The van der Waals surface area contributed by atoms with Crippen molar-refractivity contribution in [1.82, 2.24) is 5.32 Å². The van der Waals surface area contributed by atoms with Crippen molar-refractivity contribution >= 4 is 38.9 Å². The zero-order valence-corrected chi connectivity index (χ0v) is 18.4. The highest BCUT2D eigenvalue weighted by molar-refractivity contribution is 7.21. The predicted molar refractivity (Wildman–Crippen MR) is 125 cm³/mol. The summed E-state index contributed by atoms with van der Waals surface area (Å²) in [6.07, 6.45) is 0.701. The summed E-state index contributed by atoms with van der Waals surface area (Å²) in [6, 6.07) is 24.0. The van der Waals surface area contributed by atoms with E-state index in [1.54, 1.807) is 7.11 Å². The Labute approximate surface area is 185 Å². The van der Waals surface area contributed by atoms with Crippen LogP contribution in [0.2, 0.25) is 5.02 Å². The molecule has 0 bridgehead atoms. The Balaban J connectivity index is 1.64. The summed E-state index contributed by atoms with van der Waals surface area (Å²) in [6.45, 7) is 2.07. The van der Waals surface area contributed by atoms with E-state index < -0.39 is 0 Å². The molecule has 3 nitrogen and oxygen atoms in total. The molecule has 1 aromatic heterocycles. The van der Waals surface area contributed by atoms with Gasteiger partial charge in [-0.15, -0.1) is 11.3 Å². The van der Waals surface area contributed by atoms with Crippen LogP contribution in [0.15, 0.2) is 72.8 Å². The van der Waals surface area contributed by atoms with E-state index in [9.17, 15) is 4.79 Å². The Kier molecular flexibility index (Phi) is 6.07. The summed E-state index contributed by atoms with van der Waals surface area (Å²) in [7, 11) is 1.62. The van der Waals surface area contributed by atoms with Crippen LogP contribution in [0.4, 0.5) is 0 Å². The number of hydrogen-bond donors (Lipinski definition) is 1. The molecule has 0 saturated carbocycles. The second kappa shape index (κ2) is 8.90. The number of carbonyl (C=O) groups excluding carboxylic acids is 1. The second-order valence-electron chi connectivity index (χ2n) is 7.23. The maximum absolute atomic E-state index is 13.2. The van der Waals surface area contributed by atoms with E-state index in [4.69, 9.17) is 16.3 Å². The van der Waals surface area contributed by atoms with Crippen molar-refractivity contribution in [2.75, 3.05) is 7.11 Å². The summed E-state index contributed by atoms with van der Waals surface area (Å²) < 4.78 is 6.25. The summed E-state index contributed by atoms with van der Waals surface area (Å²) in [5.74, 6) is 0.553. The Hall–Kier alpha value is -2.82. The van der Waals surface area contributed by atoms with Gasteiger partial charge < -0.3 is 10.1 Å². The van der Waals surface area contributed by atoms with E-state index in [0.717, 1.165) is 21.4 Å². The van der Waals surface area contributed by atoms with E-state index >= 15 is 0 Å². The molecule has 0 fully saturated rings. The first-order valence-corrected chi connectivity index (χ1v) is 10.9. The van der Waals surface area contributed by atoms with Gasteiger partial charge in [-0.1, -0.05) is 71.8 Å². The van der Waals surface area contributed by atoms with Gasteiger partial charge in [0, 0.05) is 10.1 Å². The number of benzene rings is 3. The van der Waals surface area contributed by atoms with Gasteiger partial charge in [-0.3, -0.25) is 4.79 Å². The fourth-order valence-electron chi connectivity index (χ4n) is 3.44. The van der Waals surface area contributed by atoms with Crippen LogP contribution in [0.3, 0.4) is 0 Å². The molecule has 0 aliphatic carbocycles. The van der Waals surface area contributed by atoms with Crippen molar-refractivity contribution in [2.45, 2.75) is 19.4 Å². The molecule has 4 rings (SSSR count). The Morgan fingerprint density at radius 2 is 1.80 bits per heavy atom. The Morgan fingerprint density at radius 1 is 1.07 bits per heavy atom. The third-order valence-electron chi connectivity index (χ3n) is 5.11. The predicted octanol–water partition coefficient (Wildman–Crippen LogP) is 6.59. The lowest BCUT2D eigenvalue weighted by Crippen LogP contribution is -2.29. The number of fused-ring (bicyclic) bond motifs is 1. The van der Waals surface area contributed by atoms with E-state index in [2.05, 4.69) is 36.5 Å². The third-order valence-corrected chi connectivity index (χ3v) is 6.78. The van der Waals surface area contributed by atoms with Crippen molar-refractivity contribution in [2.24, 2.45) is 0 Å². The van der Waals surface area contributed by atoms with Gasteiger partial charge in [-0.05, 0) is 42.7 Å². The number of hydrogen-bond acceptors (Lipinski definition) is 3. The van der Waals surface area contributed by atoms with E-state index in [1.165, 1.54) is 22.5 Å². The molecule has 4 aromatic rings. The first-order valence-electron chi connectivity index (χ1n) is 9.72. The average molecular weight is 436 g/mol. The quantitative estimate of drug-likeness (QED) is 0.371. The summed E-state index contributed by atoms with van der Waals surface area (Å²) in [4.78, 5) is 13.7. The lowest BCUT2D eigenvalue weighted by atomic mass is 9.98. The molecule has 1 atom stereocenters. The molecule has 0 saturated heterocycles. The zero-order chi connectivity index (χ0) is 21.1. The van der Waals surface area contributed by atoms with Gasteiger partial charge in [0.25, 0.3) is 5.91 Å². The van der Waals surface area contributed by atoms with Crippen LogP contribution in [0.1, 0.15) is 32.4 Å². The standard InChI is InChI=1S/C25H22ClNO2S/c1-16-8-10-17(11-9-16)14-21(18-6-4-3-5-7-18)27-25(28)24-23(26)20-15-19(29-2)12-13-22(20)30-24/h3-13,15,21H,14H2,1-2H3,(H,27,28)/t21-/m0/s1. The molecule has 0 spiro atoms. The largest absolute Gasteiger partial charge is 0.497 e. The maximum Gasteiger partial charge on any atom is 0.263 e. The highest BCUT2D eigenvalue weighted by Gasteiger charge is 2.22. The van der Waals surface area contributed by atoms with Crippen molar-refractivity contribution in [3.63, 3.8) is 0 Å². The number of amides is 1. The fourth-order valence-corrected chi connectivity index (χ4v) is 4.83. The normalized spacial score (nSPS) is 12.0. The van der Waals surface area contributed by atoms with Gasteiger partial charge in [0.05, 0.1) is 18.2 Å². The Bertz CT molecular complexity index is 1170. The first kappa shape index (κ1) is 20.5. The molecule has 0 aliphatic rings. The van der Waals surface area contributed by atoms with E-state index in [0.29, 0.717) is 16.3 Å². The van der Waals surface area contributed by atoms with Crippen LogP contribution < -0.4 is 10.1 Å². The minimum Gasteiger partial charge on any atom is -0.497 e. The molecule has 0 radical (unpaired) electrons. The van der Waals surface area contributed by atoms with Crippen molar-refractivity contribution < 1.29 is 9.53 Å². The van der Waals surface area contributed by atoms with Crippen LogP contribution in [-0.4, -0.2) is 13.0 Å². The minimum absolute atomic E-state index is 0.155. The monoisotopic (exact) mass is 435 g/mol. The molecule has 3 aromatic carbocycles. The van der Waals surface area contributed by atoms with Gasteiger partial charge in [0.2, 0.25) is 0 Å². The number of carbonyl (C=O) groups is 1. The number of rotatable bonds is 6. The van der Waals surface area contributed by atoms with E-state index in [-0.39, 0.29) is 11.9 Å². The molecule has 0 unspecified atom stereocenters. The van der Waals surface area contributed by atoms with Crippen LogP contribution in [0, 0.1) is 6.92 Å². The summed E-state index contributed by atoms with van der Waals surface area (Å²) in [5, 5.41) is 4.50. The van der Waals surface area contributed by atoms with Gasteiger partial charge in [-0.25, -0.2) is 0 Å². The Morgan fingerprint density at radius 3 is 2.50 bits per heavy atom.